The van der Waals surface area contributed by atoms with Crippen LogP contribution in [-0.4, -0.2) is 11.7 Å². The Bertz CT molecular complexity index is 302. The first-order valence-corrected chi connectivity index (χ1v) is 4.75. The van der Waals surface area contributed by atoms with Gasteiger partial charge in [0.2, 0.25) is 0 Å². The first kappa shape index (κ1) is 10.3. The molecule has 1 rings (SSSR count). The molecule has 1 atom stereocenters. The van der Waals surface area contributed by atoms with E-state index in [1.807, 2.05) is 0 Å². The summed E-state index contributed by atoms with van der Waals surface area (Å²) in [5.41, 5.74) is 5.18. The molecule has 0 heterocycles. The monoisotopic (exact) mass is 178 g/mol. The quantitative estimate of drug-likeness (QED) is 0.738. The van der Waals surface area contributed by atoms with Crippen LogP contribution in [-0.2, 0) is 0 Å². The SMILES string of the molecule is Cc1cc(C)c(C)c(C(C)CO)c1. The summed E-state index contributed by atoms with van der Waals surface area (Å²) in [6.45, 7) is 8.62. The number of rotatable bonds is 2. The smallest absolute Gasteiger partial charge is 0.0497 e. The Balaban J connectivity index is 3.20. The fourth-order valence-corrected chi connectivity index (χ4v) is 1.68. The molecule has 0 aliphatic heterocycles. The van der Waals surface area contributed by atoms with E-state index in [2.05, 4.69) is 39.8 Å². The lowest BCUT2D eigenvalue weighted by Gasteiger charge is -2.15. The Kier molecular flexibility index (Phi) is 3.10. The molecule has 0 radical (unpaired) electrons. The predicted molar refractivity (Wildman–Crippen MR) is 56.2 cm³/mol. The summed E-state index contributed by atoms with van der Waals surface area (Å²) in [6, 6.07) is 4.35. The molecule has 0 saturated heterocycles. The van der Waals surface area contributed by atoms with Crippen molar-refractivity contribution < 1.29 is 5.11 Å². The number of hydrogen-bond acceptors (Lipinski definition) is 1. The van der Waals surface area contributed by atoms with Gasteiger partial charge >= 0.3 is 0 Å². The van der Waals surface area contributed by atoms with Crippen LogP contribution in [0.25, 0.3) is 0 Å². The van der Waals surface area contributed by atoms with Crippen molar-refractivity contribution in [1.82, 2.24) is 0 Å². The fraction of sp³-hybridized carbons (Fsp3) is 0.500. The van der Waals surface area contributed by atoms with Crippen molar-refractivity contribution in [1.29, 1.82) is 0 Å². The number of aryl methyl sites for hydroxylation is 2. The van der Waals surface area contributed by atoms with Gasteiger partial charge in [-0.25, -0.2) is 0 Å². The average Bonchev–Trinajstić information content (AvgIpc) is 2.10. The summed E-state index contributed by atoms with van der Waals surface area (Å²) in [7, 11) is 0. The number of benzene rings is 1. The van der Waals surface area contributed by atoms with E-state index in [4.69, 9.17) is 5.11 Å². The van der Waals surface area contributed by atoms with Crippen LogP contribution in [0.2, 0.25) is 0 Å². The zero-order chi connectivity index (χ0) is 10.0. The lowest BCUT2D eigenvalue weighted by Crippen LogP contribution is -2.03. The first-order valence-electron chi connectivity index (χ1n) is 4.75. The Hall–Kier alpha value is -0.820. The average molecular weight is 178 g/mol. The van der Waals surface area contributed by atoms with Crippen LogP contribution < -0.4 is 0 Å². The molecule has 1 N–H and O–H groups in total. The zero-order valence-corrected chi connectivity index (χ0v) is 8.89. The van der Waals surface area contributed by atoms with E-state index >= 15 is 0 Å². The van der Waals surface area contributed by atoms with Crippen molar-refractivity contribution in [2.75, 3.05) is 6.61 Å². The molecule has 72 valence electrons. The fourth-order valence-electron chi connectivity index (χ4n) is 1.68. The van der Waals surface area contributed by atoms with Crippen LogP contribution in [0.15, 0.2) is 12.1 Å². The van der Waals surface area contributed by atoms with E-state index in [-0.39, 0.29) is 12.5 Å². The van der Waals surface area contributed by atoms with Gasteiger partial charge in [0.15, 0.2) is 0 Å². The molecule has 13 heavy (non-hydrogen) atoms. The molecule has 0 bridgehead atoms. The van der Waals surface area contributed by atoms with Crippen LogP contribution in [0.1, 0.15) is 35.1 Å². The van der Waals surface area contributed by atoms with Crippen molar-refractivity contribution in [2.24, 2.45) is 0 Å². The largest absolute Gasteiger partial charge is 0.396 e. The highest BCUT2D eigenvalue weighted by Gasteiger charge is 2.09. The third-order valence-electron chi connectivity index (χ3n) is 2.66. The van der Waals surface area contributed by atoms with Crippen molar-refractivity contribution in [3.05, 3.63) is 34.4 Å². The zero-order valence-electron chi connectivity index (χ0n) is 8.89. The summed E-state index contributed by atoms with van der Waals surface area (Å²) in [5.74, 6) is 0.249. The summed E-state index contributed by atoms with van der Waals surface area (Å²) >= 11 is 0. The molecular formula is C12H18O. The molecule has 1 aromatic rings. The van der Waals surface area contributed by atoms with Gasteiger partial charge in [0.25, 0.3) is 0 Å². The molecule has 0 aliphatic rings. The summed E-state index contributed by atoms with van der Waals surface area (Å²) in [6.07, 6.45) is 0. The van der Waals surface area contributed by atoms with Gasteiger partial charge in [-0.3, -0.25) is 0 Å². The normalized spacial score (nSPS) is 13.0. The van der Waals surface area contributed by atoms with Gasteiger partial charge in [-0.15, -0.1) is 0 Å². The van der Waals surface area contributed by atoms with E-state index in [1.54, 1.807) is 0 Å². The van der Waals surface area contributed by atoms with Crippen molar-refractivity contribution in [2.45, 2.75) is 33.6 Å². The maximum absolute atomic E-state index is 9.09. The van der Waals surface area contributed by atoms with Gasteiger partial charge in [0.05, 0.1) is 0 Å². The third-order valence-corrected chi connectivity index (χ3v) is 2.66. The van der Waals surface area contributed by atoms with Crippen LogP contribution in [0, 0.1) is 20.8 Å². The number of aliphatic hydroxyl groups excluding tert-OH is 1. The van der Waals surface area contributed by atoms with E-state index in [9.17, 15) is 0 Å². The summed E-state index contributed by atoms with van der Waals surface area (Å²) in [5, 5.41) is 9.09. The Morgan fingerprint density at radius 1 is 1.23 bits per heavy atom. The van der Waals surface area contributed by atoms with Gasteiger partial charge < -0.3 is 5.11 Å². The van der Waals surface area contributed by atoms with Crippen molar-refractivity contribution in [3.63, 3.8) is 0 Å². The van der Waals surface area contributed by atoms with E-state index < -0.39 is 0 Å². The lowest BCUT2D eigenvalue weighted by molar-refractivity contribution is 0.272. The molecule has 1 aromatic carbocycles. The lowest BCUT2D eigenvalue weighted by atomic mass is 9.92. The van der Waals surface area contributed by atoms with Gasteiger partial charge in [0.1, 0.15) is 0 Å². The van der Waals surface area contributed by atoms with Crippen LogP contribution in [0.3, 0.4) is 0 Å². The highest BCUT2D eigenvalue weighted by Crippen LogP contribution is 2.23. The molecule has 1 unspecified atom stereocenters. The predicted octanol–water partition coefficient (Wildman–Crippen LogP) is 2.71. The number of hydrogen-bond donors (Lipinski definition) is 1. The van der Waals surface area contributed by atoms with Crippen LogP contribution in [0.5, 0.6) is 0 Å². The summed E-state index contributed by atoms with van der Waals surface area (Å²) in [4.78, 5) is 0. The molecule has 0 fully saturated rings. The van der Waals surface area contributed by atoms with E-state index in [0.29, 0.717) is 0 Å². The van der Waals surface area contributed by atoms with E-state index in [1.165, 1.54) is 22.3 Å². The van der Waals surface area contributed by atoms with Gasteiger partial charge in [-0.05, 0) is 37.5 Å². The minimum Gasteiger partial charge on any atom is -0.396 e. The molecule has 1 nitrogen and oxygen atoms in total. The highest BCUT2D eigenvalue weighted by molar-refractivity contribution is 5.39. The number of aliphatic hydroxyl groups is 1. The van der Waals surface area contributed by atoms with Crippen LogP contribution in [0.4, 0.5) is 0 Å². The topological polar surface area (TPSA) is 20.2 Å². The Morgan fingerprint density at radius 2 is 1.85 bits per heavy atom. The van der Waals surface area contributed by atoms with E-state index in [0.717, 1.165) is 0 Å². The standard InChI is InChI=1S/C12H18O/c1-8-5-9(2)11(4)12(6-8)10(3)7-13/h5-6,10,13H,7H2,1-4H3. The molecular weight excluding hydrogens is 160 g/mol. The van der Waals surface area contributed by atoms with Gasteiger partial charge in [-0.1, -0.05) is 24.6 Å². The molecule has 0 spiro atoms. The minimum atomic E-state index is 0.226. The molecule has 0 saturated carbocycles. The maximum atomic E-state index is 9.09. The van der Waals surface area contributed by atoms with Gasteiger partial charge in [0, 0.05) is 12.5 Å². The highest BCUT2D eigenvalue weighted by atomic mass is 16.3. The maximum Gasteiger partial charge on any atom is 0.0497 e. The van der Waals surface area contributed by atoms with Crippen molar-refractivity contribution >= 4 is 0 Å². The molecule has 0 aromatic heterocycles. The molecule has 0 amide bonds. The Morgan fingerprint density at radius 3 is 2.38 bits per heavy atom. The minimum absolute atomic E-state index is 0.226. The second-order valence-electron chi connectivity index (χ2n) is 3.88. The van der Waals surface area contributed by atoms with Gasteiger partial charge in [-0.2, -0.15) is 0 Å². The molecule has 0 aliphatic carbocycles. The van der Waals surface area contributed by atoms with Crippen LogP contribution >= 0.6 is 0 Å². The third kappa shape index (κ3) is 2.10. The second kappa shape index (κ2) is 3.93. The first-order chi connectivity index (χ1) is 6.06. The second-order valence-corrected chi connectivity index (χ2v) is 3.88. The Labute approximate surface area is 80.4 Å². The summed E-state index contributed by atoms with van der Waals surface area (Å²) < 4.78 is 0. The molecule has 1 heteroatoms. The van der Waals surface area contributed by atoms with Crippen molar-refractivity contribution in [3.8, 4) is 0 Å².